The lowest BCUT2D eigenvalue weighted by molar-refractivity contribution is -0.122. The predicted molar refractivity (Wildman–Crippen MR) is 134 cm³/mol. The highest BCUT2D eigenvalue weighted by Crippen LogP contribution is 2.40. The number of amides is 1. The second kappa shape index (κ2) is 10.7. The van der Waals surface area contributed by atoms with E-state index in [0.29, 0.717) is 37.2 Å². The first-order valence-corrected chi connectivity index (χ1v) is 12.0. The van der Waals surface area contributed by atoms with Gasteiger partial charge >= 0.3 is 0 Å². The number of nitrogens with zero attached hydrogens (tertiary/aromatic N) is 1. The number of hydrogen-bond donors (Lipinski definition) is 3. The van der Waals surface area contributed by atoms with Gasteiger partial charge in [0.05, 0.1) is 12.8 Å². The minimum absolute atomic E-state index is 0.161. The first-order chi connectivity index (χ1) is 17.2. The van der Waals surface area contributed by atoms with Crippen LogP contribution in [0.1, 0.15) is 18.4 Å². The Morgan fingerprint density at radius 1 is 1.09 bits per heavy atom. The van der Waals surface area contributed by atoms with Crippen molar-refractivity contribution in [3.05, 3.63) is 60.2 Å². The summed E-state index contributed by atoms with van der Waals surface area (Å²) in [5, 5.41) is 9.83. The molecule has 1 atom stereocenters. The van der Waals surface area contributed by atoms with E-state index in [0.717, 1.165) is 54.4 Å². The lowest BCUT2D eigenvalue weighted by Crippen LogP contribution is -2.39. The van der Waals surface area contributed by atoms with Crippen molar-refractivity contribution in [1.29, 1.82) is 0 Å². The standard InChI is InChI=1S/C27H30N4O4/c1-33-27-23(11-10-22(31-27)21-3-2-4-24-26(21)35-14-13-34-24)30-20-8-5-18(6-9-20)15-28-16-19-7-12-25(32)29-17-19/h2-6,8-11,19,28,30H,7,12-17H2,1H3,(H,29,32). The number of rotatable bonds is 8. The van der Waals surface area contributed by atoms with E-state index in [-0.39, 0.29) is 5.91 Å². The molecule has 2 aromatic carbocycles. The van der Waals surface area contributed by atoms with Crippen LogP contribution in [0.2, 0.25) is 0 Å². The molecule has 3 aromatic rings. The zero-order chi connectivity index (χ0) is 24.0. The number of methoxy groups -OCH3 is 1. The summed E-state index contributed by atoms with van der Waals surface area (Å²) in [6, 6.07) is 18.0. The number of carbonyl (C=O) groups is 1. The van der Waals surface area contributed by atoms with Crippen LogP contribution in [0.5, 0.6) is 17.4 Å². The number of carbonyl (C=O) groups excluding carboxylic acids is 1. The second-order valence-corrected chi connectivity index (χ2v) is 8.74. The average molecular weight is 475 g/mol. The van der Waals surface area contributed by atoms with Gasteiger partial charge in [-0.2, -0.15) is 0 Å². The van der Waals surface area contributed by atoms with Crippen LogP contribution in [-0.2, 0) is 11.3 Å². The van der Waals surface area contributed by atoms with Crippen LogP contribution in [0, 0.1) is 5.92 Å². The molecular weight excluding hydrogens is 444 g/mol. The van der Waals surface area contributed by atoms with Gasteiger partial charge in [-0.05, 0) is 60.8 Å². The number of fused-ring (bicyclic) bond motifs is 1. The smallest absolute Gasteiger partial charge is 0.238 e. The van der Waals surface area contributed by atoms with Gasteiger partial charge in [-0.25, -0.2) is 4.98 Å². The highest BCUT2D eigenvalue weighted by Gasteiger charge is 2.19. The molecule has 3 N–H and O–H groups in total. The molecule has 0 bridgehead atoms. The summed E-state index contributed by atoms with van der Waals surface area (Å²) in [5.41, 5.74) is 4.56. The van der Waals surface area contributed by atoms with E-state index in [2.05, 4.69) is 28.1 Å². The lowest BCUT2D eigenvalue weighted by Gasteiger charge is -2.22. The number of hydrogen-bond acceptors (Lipinski definition) is 7. The molecule has 5 rings (SSSR count). The number of para-hydroxylation sites is 1. The van der Waals surface area contributed by atoms with Crippen LogP contribution >= 0.6 is 0 Å². The number of pyridine rings is 1. The lowest BCUT2D eigenvalue weighted by atomic mass is 9.99. The Morgan fingerprint density at radius 2 is 1.94 bits per heavy atom. The number of anilines is 2. The minimum Gasteiger partial charge on any atom is -0.486 e. The van der Waals surface area contributed by atoms with Crippen molar-refractivity contribution in [2.75, 3.05) is 38.7 Å². The minimum atomic E-state index is 0.161. The van der Waals surface area contributed by atoms with Crippen molar-refractivity contribution >= 4 is 17.3 Å². The van der Waals surface area contributed by atoms with Gasteiger partial charge in [0.15, 0.2) is 11.5 Å². The van der Waals surface area contributed by atoms with Crippen molar-refractivity contribution in [2.45, 2.75) is 19.4 Å². The van der Waals surface area contributed by atoms with Gasteiger partial charge in [0.1, 0.15) is 18.9 Å². The van der Waals surface area contributed by atoms with Crippen molar-refractivity contribution < 1.29 is 19.0 Å². The van der Waals surface area contributed by atoms with Crippen LogP contribution in [0.3, 0.4) is 0 Å². The quantitative estimate of drug-likeness (QED) is 0.456. The molecule has 1 fully saturated rings. The summed E-state index contributed by atoms with van der Waals surface area (Å²) < 4.78 is 17.1. The molecule has 2 aliphatic heterocycles. The molecule has 35 heavy (non-hydrogen) atoms. The number of piperidine rings is 1. The molecule has 8 nitrogen and oxygen atoms in total. The summed E-state index contributed by atoms with van der Waals surface area (Å²) in [6.07, 6.45) is 1.58. The largest absolute Gasteiger partial charge is 0.486 e. The monoisotopic (exact) mass is 474 g/mol. The third kappa shape index (κ3) is 5.49. The van der Waals surface area contributed by atoms with Gasteiger partial charge in [-0.3, -0.25) is 4.79 Å². The molecule has 182 valence electrons. The van der Waals surface area contributed by atoms with Crippen molar-refractivity contribution in [1.82, 2.24) is 15.6 Å². The fourth-order valence-electron chi connectivity index (χ4n) is 4.36. The number of nitrogens with one attached hydrogen (secondary N) is 3. The van der Waals surface area contributed by atoms with E-state index < -0.39 is 0 Å². The number of benzene rings is 2. The van der Waals surface area contributed by atoms with Gasteiger partial charge in [-0.15, -0.1) is 0 Å². The van der Waals surface area contributed by atoms with Gasteiger partial charge in [-0.1, -0.05) is 18.2 Å². The SMILES string of the molecule is COc1nc(-c2cccc3c2OCCO3)ccc1Nc1ccc(CNCC2CCC(=O)NC2)cc1. The van der Waals surface area contributed by atoms with Crippen LogP contribution in [-0.4, -0.2) is 44.3 Å². The molecule has 1 amide bonds. The molecular formula is C27H30N4O4. The Labute approximate surface area is 205 Å². The van der Waals surface area contributed by atoms with Crippen LogP contribution in [0.15, 0.2) is 54.6 Å². The Balaban J connectivity index is 1.22. The van der Waals surface area contributed by atoms with Crippen LogP contribution in [0.4, 0.5) is 11.4 Å². The van der Waals surface area contributed by atoms with E-state index in [1.54, 1.807) is 7.11 Å². The Kier molecular flexibility index (Phi) is 6.99. The average Bonchev–Trinajstić information content (AvgIpc) is 2.91. The van der Waals surface area contributed by atoms with E-state index in [1.165, 1.54) is 5.56 Å². The topological polar surface area (TPSA) is 93.7 Å². The zero-order valence-corrected chi connectivity index (χ0v) is 19.8. The number of aromatic nitrogens is 1. The van der Waals surface area contributed by atoms with E-state index in [9.17, 15) is 4.79 Å². The Hall–Kier alpha value is -3.78. The van der Waals surface area contributed by atoms with Crippen LogP contribution < -0.4 is 30.2 Å². The Morgan fingerprint density at radius 3 is 2.74 bits per heavy atom. The maximum atomic E-state index is 11.3. The van der Waals surface area contributed by atoms with Gasteiger partial charge < -0.3 is 30.2 Å². The molecule has 0 saturated carbocycles. The maximum Gasteiger partial charge on any atom is 0.238 e. The molecule has 1 saturated heterocycles. The summed E-state index contributed by atoms with van der Waals surface area (Å²) in [5.74, 6) is 2.61. The summed E-state index contributed by atoms with van der Waals surface area (Å²) in [7, 11) is 1.61. The molecule has 1 unspecified atom stereocenters. The molecule has 0 radical (unpaired) electrons. The fraction of sp³-hybridized carbons (Fsp3) is 0.333. The first-order valence-electron chi connectivity index (χ1n) is 12.0. The predicted octanol–water partition coefficient (Wildman–Crippen LogP) is 3.89. The normalized spacial score (nSPS) is 16.9. The first kappa shape index (κ1) is 23.0. The Bertz CT molecular complexity index is 1170. The zero-order valence-electron chi connectivity index (χ0n) is 19.8. The van der Waals surface area contributed by atoms with E-state index >= 15 is 0 Å². The fourth-order valence-corrected chi connectivity index (χ4v) is 4.36. The molecule has 2 aliphatic rings. The molecule has 0 aliphatic carbocycles. The molecule has 0 spiro atoms. The van der Waals surface area contributed by atoms with E-state index in [4.69, 9.17) is 19.2 Å². The van der Waals surface area contributed by atoms with Gasteiger partial charge in [0.2, 0.25) is 11.8 Å². The molecule has 8 heteroatoms. The van der Waals surface area contributed by atoms with Gasteiger partial charge in [0.25, 0.3) is 0 Å². The third-order valence-corrected chi connectivity index (χ3v) is 6.26. The van der Waals surface area contributed by atoms with E-state index in [1.807, 2.05) is 42.5 Å². The van der Waals surface area contributed by atoms with Gasteiger partial charge in [0, 0.05) is 30.8 Å². The number of ether oxygens (including phenoxy) is 3. The second-order valence-electron chi connectivity index (χ2n) is 8.74. The van der Waals surface area contributed by atoms with Crippen molar-refractivity contribution in [3.8, 4) is 28.6 Å². The van der Waals surface area contributed by atoms with Crippen molar-refractivity contribution in [3.63, 3.8) is 0 Å². The summed E-state index contributed by atoms with van der Waals surface area (Å²) in [6.45, 7) is 3.52. The maximum absolute atomic E-state index is 11.3. The van der Waals surface area contributed by atoms with Crippen molar-refractivity contribution in [2.24, 2.45) is 5.92 Å². The third-order valence-electron chi connectivity index (χ3n) is 6.26. The molecule has 1 aromatic heterocycles. The summed E-state index contributed by atoms with van der Waals surface area (Å²) >= 11 is 0. The van der Waals surface area contributed by atoms with Crippen LogP contribution in [0.25, 0.3) is 11.3 Å². The molecule has 3 heterocycles. The highest BCUT2D eigenvalue weighted by atomic mass is 16.6. The summed E-state index contributed by atoms with van der Waals surface area (Å²) in [4.78, 5) is 16.0. The highest BCUT2D eigenvalue weighted by molar-refractivity contribution is 5.76.